The standard InChI is InChI=1S/C17H15N3O5S/c1-2-25-16(22)11-6-8-13(9-7-11)18-17(26)19-15(21)12-4-3-5-14(10-12)20(23)24/h3-10H,2H2,1H3,(H2,18,19,21,26). The van der Waals surface area contributed by atoms with Gasteiger partial charge in [0.25, 0.3) is 11.6 Å². The Morgan fingerprint density at radius 2 is 1.85 bits per heavy atom. The fourth-order valence-electron chi connectivity index (χ4n) is 2.00. The number of hydrogen-bond donors (Lipinski definition) is 2. The van der Waals surface area contributed by atoms with Crippen molar-refractivity contribution in [3.8, 4) is 0 Å². The van der Waals surface area contributed by atoms with Gasteiger partial charge in [-0.05, 0) is 49.5 Å². The number of benzene rings is 2. The summed E-state index contributed by atoms with van der Waals surface area (Å²) in [7, 11) is 0. The molecule has 0 bridgehead atoms. The van der Waals surface area contributed by atoms with Gasteiger partial charge in [0.15, 0.2) is 5.11 Å². The molecule has 0 atom stereocenters. The molecule has 9 heteroatoms. The molecule has 26 heavy (non-hydrogen) atoms. The zero-order valence-corrected chi connectivity index (χ0v) is 14.5. The van der Waals surface area contributed by atoms with E-state index in [1.54, 1.807) is 31.2 Å². The topological polar surface area (TPSA) is 111 Å². The summed E-state index contributed by atoms with van der Waals surface area (Å²) in [5.74, 6) is -1.00. The van der Waals surface area contributed by atoms with Gasteiger partial charge in [0.1, 0.15) is 0 Å². The number of rotatable bonds is 5. The van der Waals surface area contributed by atoms with Gasteiger partial charge in [0, 0.05) is 23.4 Å². The van der Waals surface area contributed by atoms with Gasteiger partial charge >= 0.3 is 5.97 Å². The third-order valence-electron chi connectivity index (χ3n) is 3.20. The third-order valence-corrected chi connectivity index (χ3v) is 3.40. The van der Waals surface area contributed by atoms with Crippen LogP contribution >= 0.6 is 12.2 Å². The Morgan fingerprint density at radius 1 is 1.15 bits per heavy atom. The summed E-state index contributed by atoms with van der Waals surface area (Å²) in [5.41, 5.74) is 0.874. The molecule has 0 aromatic heterocycles. The maximum Gasteiger partial charge on any atom is 0.338 e. The van der Waals surface area contributed by atoms with Crippen molar-refractivity contribution in [3.05, 3.63) is 69.8 Å². The predicted octanol–water partition coefficient (Wildman–Crippen LogP) is 2.90. The molecule has 0 unspecified atom stereocenters. The molecule has 0 fully saturated rings. The molecule has 134 valence electrons. The van der Waals surface area contributed by atoms with E-state index >= 15 is 0 Å². The quantitative estimate of drug-likeness (QED) is 0.359. The average Bonchev–Trinajstić information content (AvgIpc) is 2.62. The van der Waals surface area contributed by atoms with Gasteiger partial charge in [-0.15, -0.1) is 0 Å². The average molecular weight is 373 g/mol. The molecule has 0 aliphatic heterocycles. The Hall–Kier alpha value is -3.33. The van der Waals surface area contributed by atoms with Crippen LogP contribution in [0, 0.1) is 10.1 Å². The van der Waals surface area contributed by atoms with Crippen LogP contribution in [0.1, 0.15) is 27.6 Å². The van der Waals surface area contributed by atoms with Crippen molar-refractivity contribution in [2.24, 2.45) is 0 Å². The van der Waals surface area contributed by atoms with Crippen molar-refractivity contribution in [2.45, 2.75) is 6.92 Å². The highest BCUT2D eigenvalue weighted by Gasteiger charge is 2.13. The molecule has 0 aliphatic carbocycles. The fraction of sp³-hybridized carbons (Fsp3) is 0.118. The Morgan fingerprint density at radius 3 is 2.46 bits per heavy atom. The number of anilines is 1. The number of nitrogens with one attached hydrogen (secondary N) is 2. The molecule has 2 aromatic carbocycles. The van der Waals surface area contributed by atoms with Crippen LogP contribution < -0.4 is 10.6 Å². The number of esters is 1. The molecular formula is C17H15N3O5S. The van der Waals surface area contributed by atoms with Crippen LogP contribution in [0.25, 0.3) is 0 Å². The Labute approximate surface area is 154 Å². The molecule has 2 aromatic rings. The van der Waals surface area contributed by atoms with Gasteiger partial charge in [-0.2, -0.15) is 0 Å². The lowest BCUT2D eigenvalue weighted by atomic mass is 10.2. The second-order valence-electron chi connectivity index (χ2n) is 5.01. The van der Waals surface area contributed by atoms with E-state index in [4.69, 9.17) is 17.0 Å². The number of nitro groups is 1. The van der Waals surface area contributed by atoms with E-state index in [9.17, 15) is 19.7 Å². The summed E-state index contributed by atoms with van der Waals surface area (Å²) in [5, 5.41) is 16.0. The lowest BCUT2D eigenvalue weighted by molar-refractivity contribution is -0.384. The third kappa shape index (κ3) is 5.08. The van der Waals surface area contributed by atoms with E-state index in [1.807, 2.05) is 0 Å². The zero-order valence-electron chi connectivity index (χ0n) is 13.7. The summed E-state index contributed by atoms with van der Waals surface area (Å²) in [6.07, 6.45) is 0. The summed E-state index contributed by atoms with van der Waals surface area (Å²) in [4.78, 5) is 33.9. The number of ether oxygens (including phenoxy) is 1. The number of non-ortho nitro benzene ring substituents is 1. The molecular weight excluding hydrogens is 358 g/mol. The van der Waals surface area contributed by atoms with Gasteiger partial charge in [-0.25, -0.2) is 4.79 Å². The van der Waals surface area contributed by atoms with E-state index in [1.165, 1.54) is 18.2 Å². The molecule has 0 saturated heterocycles. The van der Waals surface area contributed by atoms with E-state index in [2.05, 4.69) is 10.6 Å². The van der Waals surface area contributed by atoms with Crippen molar-refractivity contribution in [3.63, 3.8) is 0 Å². The van der Waals surface area contributed by atoms with Crippen LogP contribution in [-0.2, 0) is 4.74 Å². The van der Waals surface area contributed by atoms with Crippen LogP contribution in [0.3, 0.4) is 0 Å². The first-order chi connectivity index (χ1) is 12.4. The number of carbonyl (C=O) groups excluding carboxylic acids is 2. The van der Waals surface area contributed by atoms with Crippen molar-refractivity contribution in [2.75, 3.05) is 11.9 Å². The normalized spacial score (nSPS) is 9.88. The predicted molar refractivity (Wildman–Crippen MR) is 99.2 cm³/mol. The SMILES string of the molecule is CCOC(=O)c1ccc(NC(=S)NC(=O)c2cccc([N+](=O)[O-])c2)cc1. The highest BCUT2D eigenvalue weighted by atomic mass is 32.1. The number of amides is 1. The van der Waals surface area contributed by atoms with Crippen LogP contribution in [0.2, 0.25) is 0 Å². The number of carbonyl (C=O) groups is 2. The summed E-state index contributed by atoms with van der Waals surface area (Å²) < 4.78 is 4.89. The number of thiocarbonyl (C=S) groups is 1. The first kappa shape index (κ1) is 19.0. The minimum absolute atomic E-state index is 0.0189. The molecule has 0 saturated carbocycles. The summed E-state index contributed by atoms with van der Waals surface area (Å²) >= 11 is 5.05. The van der Waals surface area contributed by atoms with Crippen molar-refractivity contribution < 1.29 is 19.2 Å². The van der Waals surface area contributed by atoms with E-state index in [-0.39, 0.29) is 23.0 Å². The summed E-state index contributed by atoms with van der Waals surface area (Å²) in [6, 6.07) is 11.6. The van der Waals surface area contributed by atoms with Crippen LogP contribution in [-0.4, -0.2) is 28.5 Å². The summed E-state index contributed by atoms with van der Waals surface area (Å²) in [6.45, 7) is 2.00. The first-order valence-electron chi connectivity index (χ1n) is 7.54. The lowest BCUT2D eigenvalue weighted by Crippen LogP contribution is -2.34. The molecule has 0 heterocycles. The van der Waals surface area contributed by atoms with Gasteiger partial charge in [-0.1, -0.05) is 6.07 Å². The highest BCUT2D eigenvalue weighted by Crippen LogP contribution is 2.13. The molecule has 2 rings (SSSR count). The second-order valence-corrected chi connectivity index (χ2v) is 5.42. The molecule has 0 spiro atoms. The van der Waals surface area contributed by atoms with Gasteiger partial charge in [0.2, 0.25) is 0 Å². The van der Waals surface area contributed by atoms with Gasteiger partial charge in [-0.3, -0.25) is 20.2 Å². The van der Waals surface area contributed by atoms with Crippen molar-refractivity contribution >= 4 is 40.6 Å². The highest BCUT2D eigenvalue weighted by molar-refractivity contribution is 7.80. The Balaban J connectivity index is 1.98. The van der Waals surface area contributed by atoms with Gasteiger partial charge in [0.05, 0.1) is 17.1 Å². The zero-order chi connectivity index (χ0) is 19.1. The lowest BCUT2D eigenvalue weighted by Gasteiger charge is -2.10. The minimum Gasteiger partial charge on any atom is -0.462 e. The number of nitrogens with zero attached hydrogens (tertiary/aromatic N) is 1. The number of hydrogen-bond acceptors (Lipinski definition) is 6. The minimum atomic E-state index is -0.585. The monoisotopic (exact) mass is 373 g/mol. The van der Waals surface area contributed by atoms with E-state index in [0.717, 1.165) is 6.07 Å². The molecule has 8 nitrogen and oxygen atoms in total. The van der Waals surface area contributed by atoms with Gasteiger partial charge < -0.3 is 10.1 Å². The van der Waals surface area contributed by atoms with Crippen LogP contribution in [0.4, 0.5) is 11.4 Å². The van der Waals surface area contributed by atoms with Crippen molar-refractivity contribution in [1.29, 1.82) is 0 Å². The number of nitro benzene ring substituents is 1. The second kappa shape index (κ2) is 8.67. The molecule has 0 radical (unpaired) electrons. The Kier molecular flexibility index (Phi) is 6.34. The fourth-order valence-corrected chi connectivity index (χ4v) is 2.21. The smallest absolute Gasteiger partial charge is 0.338 e. The largest absolute Gasteiger partial charge is 0.462 e. The van der Waals surface area contributed by atoms with Crippen LogP contribution in [0.15, 0.2) is 48.5 Å². The molecule has 0 aliphatic rings. The first-order valence-corrected chi connectivity index (χ1v) is 7.95. The Bertz CT molecular complexity index is 852. The van der Waals surface area contributed by atoms with Crippen LogP contribution in [0.5, 0.6) is 0 Å². The van der Waals surface area contributed by atoms with Crippen molar-refractivity contribution in [1.82, 2.24) is 5.32 Å². The maximum absolute atomic E-state index is 12.1. The van der Waals surface area contributed by atoms with E-state index in [0.29, 0.717) is 11.3 Å². The molecule has 2 N–H and O–H groups in total. The van der Waals surface area contributed by atoms with E-state index < -0.39 is 16.8 Å². The molecule has 1 amide bonds. The maximum atomic E-state index is 12.1.